The molecule has 0 radical (unpaired) electrons. The fourth-order valence-corrected chi connectivity index (χ4v) is 4.41. The molecule has 0 aromatic heterocycles. The van der Waals surface area contributed by atoms with Crippen molar-refractivity contribution >= 4 is 24.0 Å². The number of halogens is 1. The number of carbonyl (C=O) groups is 1. The molecular weight excluding hydrogens is 334 g/mol. The minimum atomic E-state index is 0. The molecule has 3 N–H and O–H groups in total. The second kappa shape index (κ2) is 8.91. The molecule has 1 amide bonds. The summed E-state index contributed by atoms with van der Waals surface area (Å²) in [5.74, 6) is 0.0155. The molecular formula is C20H32ClN3O. The molecule has 2 fully saturated rings. The number of nitrogens with one attached hydrogen (secondary N) is 1. The van der Waals surface area contributed by atoms with E-state index in [0.717, 1.165) is 12.1 Å². The van der Waals surface area contributed by atoms with Gasteiger partial charge in [0.05, 0.1) is 0 Å². The largest absolute Gasteiger partial charge is 0.399 e. The molecule has 140 valence electrons. The number of amides is 1. The predicted molar refractivity (Wildman–Crippen MR) is 106 cm³/mol. The van der Waals surface area contributed by atoms with E-state index in [1.54, 1.807) is 6.07 Å². The molecule has 1 aliphatic heterocycles. The van der Waals surface area contributed by atoms with Gasteiger partial charge >= 0.3 is 0 Å². The molecule has 3 rings (SSSR count). The number of nitrogen functional groups attached to an aromatic ring is 1. The Morgan fingerprint density at radius 2 is 1.76 bits per heavy atom. The van der Waals surface area contributed by atoms with Crippen LogP contribution in [0.15, 0.2) is 18.2 Å². The first-order valence-electron chi connectivity index (χ1n) is 9.50. The fraction of sp³-hybridized carbons (Fsp3) is 0.650. The van der Waals surface area contributed by atoms with Gasteiger partial charge in [0.1, 0.15) is 0 Å². The highest BCUT2D eigenvalue weighted by atomic mass is 35.5. The smallest absolute Gasteiger partial charge is 0.251 e. The maximum Gasteiger partial charge on any atom is 0.251 e. The zero-order valence-corrected chi connectivity index (χ0v) is 16.2. The molecule has 1 aliphatic carbocycles. The lowest BCUT2D eigenvalue weighted by atomic mass is 9.79. The number of rotatable bonds is 4. The van der Waals surface area contributed by atoms with Crippen LogP contribution in [0.2, 0.25) is 0 Å². The van der Waals surface area contributed by atoms with Crippen LogP contribution in [-0.2, 0) is 0 Å². The average Bonchev–Trinajstić information content (AvgIpc) is 2.63. The van der Waals surface area contributed by atoms with Gasteiger partial charge in [0.15, 0.2) is 0 Å². The molecule has 0 bridgehead atoms. The molecule has 0 spiro atoms. The molecule has 1 heterocycles. The summed E-state index contributed by atoms with van der Waals surface area (Å²) in [7, 11) is 0. The Kier molecular flexibility index (Phi) is 7.14. The van der Waals surface area contributed by atoms with Crippen molar-refractivity contribution in [3.63, 3.8) is 0 Å². The Labute approximate surface area is 157 Å². The maximum absolute atomic E-state index is 12.7. The summed E-state index contributed by atoms with van der Waals surface area (Å²) < 4.78 is 0. The summed E-state index contributed by atoms with van der Waals surface area (Å²) in [6.45, 7) is 5.11. The van der Waals surface area contributed by atoms with E-state index in [1.165, 1.54) is 64.5 Å². The van der Waals surface area contributed by atoms with Crippen LogP contribution in [0.3, 0.4) is 0 Å². The number of aryl methyl sites for hydroxylation is 1. The quantitative estimate of drug-likeness (QED) is 0.795. The summed E-state index contributed by atoms with van der Waals surface area (Å²) in [5, 5.41) is 3.24. The van der Waals surface area contributed by atoms with Crippen molar-refractivity contribution in [3.8, 4) is 0 Å². The van der Waals surface area contributed by atoms with E-state index >= 15 is 0 Å². The maximum atomic E-state index is 12.7. The minimum Gasteiger partial charge on any atom is -0.399 e. The first-order chi connectivity index (χ1) is 11.6. The lowest BCUT2D eigenvalue weighted by Crippen LogP contribution is -2.58. The summed E-state index contributed by atoms with van der Waals surface area (Å²) in [6, 6.07) is 5.56. The summed E-state index contributed by atoms with van der Waals surface area (Å²) in [4.78, 5) is 15.4. The monoisotopic (exact) mass is 365 g/mol. The highest BCUT2D eigenvalue weighted by Crippen LogP contribution is 2.35. The number of likely N-dealkylation sites (tertiary alicyclic amines) is 1. The number of piperidine rings is 1. The summed E-state index contributed by atoms with van der Waals surface area (Å²) >= 11 is 0. The molecule has 4 nitrogen and oxygen atoms in total. The van der Waals surface area contributed by atoms with Gasteiger partial charge in [0.25, 0.3) is 5.91 Å². The Morgan fingerprint density at radius 1 is 1.12 bits per heavy atom. The molecule has 25 heavy (non-hydrogen) atoms. The van der Waals surface area contributed by atoms with E-state index in [4.69, 9.17) is 5.73 Å². The zero-order valence-electron chi connectivity index (χ0n) is 15.4. The van der Waals surface area contributed by atoms with Crippen molar-refractivity contribution in [1.29, 1.82) is 0 Å². The second-order valence-electron chi connectivity index (χ2n) is 7.59. The van der Waals surface area contributed by atoms with Crippen LogP contribution >= 0.6 is 12.4 Å². The van der Waals surface area contributed by atoms with Gasteiger partial charge < -0.3 is 11.1 Å². The number of hydrogen-bond donors (Lipinski definition) is 2. The predicted octanol–water partition coefficient (Wildman–Crippen LogP) is 3.92. The van der Waals surface area contributed by atoms with Crippen LogP contribution in [0.1, 0.15) is 67.3 Å². The van der Waals surface area contributed by atoms with E-state index in [2.05, 4.69) is 10.2 Å². The highest BCUT2D eigenvalue weighted by molar-refractivity contribution is 5.96. The number of nitrogens with zero attached hydrogens (tertiary/aromatic N) is 1. The third-order valence-electron chi connectivity index (χ3n) is 5.90. The first kappa shape index (κ1) is 20.1. The van der Waals surface area contributed by atoms with Crippen LogP contribution in [0, 0.1) is 6.92 Å². The fourth-order valence-electron chi connectivity index (χ4n) is 4.41. The van der Waals surface area contributed by atoms with Gasteiger partial charge in [0, 0.05) is 23.3 Å². The summed E-state index contributed by atoms with van der Waals surface area (Å²) in [6.07, 6.45) is 10.3. The van der Waals surface area contributed by atoms with Crippen molar-refractivity contribution in [1.82, 2.24) is 10.2 Å². The Balaban J connectivity index is 0.00000225. The van der Waals surface area contributed by atoms with Gasteiger partial charge in [-0.25, -0.2) is 0 Å². The number of nitrogens with two attached hydrogens (primary N) is 1. The van der Waals surface area contributed by atoms with Crippen LogP contribution in [-0.4, -0.2) is 36.0 Å². The molecule has 5 heteroatoms. The average molecular weight is 366 g/mol. The molecule has 1 aromatic carbocycles. The SMILES string of the molecule is Cc1ccc(N)cc1C(=O)NCC1(N2CCCCC2)CCCCC1.Cl. The van der Waals surface area contributed by atoms with E-state index < -0.39 is 0 Å². The third-order valence-corrected chi connectivity index (χ3v) is 5.90. The first-order valence-corrected chi connectivity index (χ1v) is 9.50. The van der Waals surface area contributed by atoms with E-state index in [0.29, 0.717) is 11.3 Å². The van der Waals surface area contributed by atoms with E-state index in [-0.39, 0.29) is 23.9 Å². The van der Waals surface area contributed by atoms with E-state index in [9.17, 15) is 4.79 Å². The number of hydrogen-bond acceptors (Lipinski definition) is 3. The lowest BCUT2D eigenvalue weighted by Gasteiger charge is -2.48. The van der Waals surface area contributed by atoms with Gasteiger partial charge in [-0.1, -0.05) is 31.7 Å². The second-order valence-corrected chi connectivity index (χ2v) is 7.59. The molecule has 1 saturated heterocycles. The van der Waals surface area contributed by atoms with Crippen molar-refractivity contribution in [2.24, 2.45) is 0 Å². The topological polar surface area (TPSA) is 58.4 Å². The lowest BCUT2D eigenvalue weighted by molar-refractivity contribution is 0.0326. The number of carbonyl (C=O) groups excluding carboxylic acids is 1. The normalized spacial score (nSPS) is 20.5. The van der Waals surface area contributed by atoms with E-state index in [1.807, 2.05) is 19.1 Å². The van der Waals surface area contributed by atoms with Crippen LogP contribution in [0.25, 0.3) is 0 Å². The number of benzene rings is 1. The Morgan fingerprint density at radius 3 is 2.44 bits per heavy atom. The van der Waals surface area contributed by atoms with Gasteiger partial charge in [-0.15, -0.1) is 12.4 Å². The number of anilines is 1. The summed E-state index contributed by atoms with van der Waals surface area (Å²) in [5.41, 5.74) is 8.37. The standard InChI is InChI=1S/C20H31N3O.ClH/c1-16-8-9-17(21)14-18(16)19(24)22-15-20(10-4-2-5-11-20)23-12-6-3-7-13-23;/h8-9,14H,2-7,10-13,15,21H2,1H3,(H,22,24);1H. The van der Waals surface area contributed by atoms with Crippen molar-refractivity contribution < 1.29 is 4.79 Å². The molecule has 1 saturated carbocycles. The Bertz CT molecular complexity index is 578. The molecule has 0 atom stereocenters. The third kappa shape index (κ3) is 4.68. The Hall–Kier alpha value is -1.26. The van der Waals surface area contributed by atoms with Crippen LogP contribution < -0.4 is 11.1 Å². The van der Waals surface area contributed by atoms with Gasteiger partial charge in [-0.05, 0) is 63.4 Å². The van der Waals surface area contributed by atoms with Crippen LogP contribution in [0.4, 0.5) is 5.69 Å². The van der Waals surface area contributed by atoms with Crippen molar-refractivity contribution in [3.05, 3.63) is 29.3 Å². The van der Waals surface area contributed by atoms with Crippen LogP contribution in [0.5, 0.6) is 0 Å². The van der Waals surface area contributed by atoms with Gasteiger partial charge in [0.2, 0.25) is 0 Å². The molecule has 0 unspecified atom stereocenters. The van der Waals surface area contributed by atoms with Gasteiger partial charge in [-0.3, -0.25) is 9.69 Å². The van der Waals surface area contributed by atoms with Crippen molar-refractivity contribution in [2.75, 3.05) is 25.4 Å². The zero-order chi connectivity index (χ0) is 17.0. The van der Waals surface area contributed by atoms with Gasteiger partial charge in [-0.2, -0.15) is 0 Å². The molecule has 1 aromatic rings. The minimum absolute atomic E-state index is 0. The van der Waals surface area contributed by atoms with Crippen molar-refractivity contribution in [2.45, 2.75) is 63.8 Å². The molecule has 2 aliphatic rings. The highest BCUT2D eigenvalue weighted by Gasteiger charge is 2.38.